The van der Waals surface area contributed by atoms with Crippen LogP contribution in [0, 0.1) is 26.3 Å². The molecule has 0 heterocycles. The van der Waals surface area contributed by atoms with Crippen LogP contribution in [0.2, 0.25) is 0 Å². The van der Waals surface area contributed by atoms with Gasteiger partial charge in [0.15, 0.2) is 0 Å². The van der Waals surface area contributed by atoms with Gasteiger partial charge < -0.3 is 27.3 Å². The Hall–Kier alpha value is 0.484. The van der Waals surface area contributed by atoms with E-state index in [4.69, 9.17) is 0 Å². The van der Waals surface area contributed by atoms with Gasteiger partial charge in [-0.15, -0.1) is 6.92 Å². The van der Waals surface area contributed by atoms with Gasteiger partial charge >= 0.3 is 21.7 Å². The molecule has 0 nitrogen and oxygen atoms in total. The van der Waals surface area contributed by atoms with E-state index in [0.717, 1.165) is 0 Å². The molecule has 0 spiro atoms. The monoisotopic (exact) mass is 248 g/mol. The van der Waals surface area contributed by atoms with Crippen molar-refractivity contribution in [2.75, 3.05) is 0 Å². The van der Waals surface area contributed by atoms with Crippen LogP contribution < -0.4 is 12.4 Å². The van der Waals surface area contributed by atoms with Gasteiger partial charge in [-0.2, -0.15) is 11.1 Å². The first-order valence-electron chi connectivity index (χ1n) is 3.75. The van der Waals surface area contributed by atoms with E-state index in [2.05, 4.69) is 40.7 Å². The Balaban J connectivity index is -0.000000125. The zero-order valence-corrected chi connectivity index (χ0v) is 12.7. The first-order valence-corrected chi connectivity index (χ1v) is 3.75. The normalized spacial score (nSPS) is 16.8. The molecule has 1 aliphatic rings. The van der Waals surface area contributed by atoms with E-state index >= 15 is 0 Å². The molecule has 0 N–H and O–H groups in total. The van der Waals surface area contributed by atoms with Crippen LogP contribution >= 0.6 is 0 Å². The van der Waals surface area contributed by atoms with Crippen LogP contribution in [0.5, 0.6) is 0 Å². The van der Waals surface area contributed by atoms with Crippen molar-refractivity contribution in [3.63, 3.8) is 0 Å². The molecule has 1 radical (unpaired) electrons. The van der Waals surface area contributed by atoms with Crippen LogP contribution in [0.4, 0.5) is 0 Å². The fraction of sp³-hybridized carbons (Fsp3) is 0.500. The van der Waals surface area contributed by atoms with Crippen molar-refractivity contribution >= 4 is 0 Å². The molecular formula is C12H21ClTi-. The summed E-state index contributed by atoms with van der Waals surface area (Å²) in [5, 5.41) is 0. The van der Waals surface area contributed by atoms with Crippen LogP contribution in [-0.4, -0.2) is 0 Å². The molecule has 0 aliphatic heterocycles. The van der Waals surface area contributed by atoms with Crippen molar-refractivity contribution in [1.29, 1.82) is 0 Å². The second-order valence-corrected chi connectivity index (χ2v) is 3.62. The van der Waals surface area contributed by atoms with E-state index in [1.54, 1.807) is 0 Å². The zero-order chi connectivity index (χ0) is 7.94. The van der Waals surface area contributed by atoms with E-state index in [9.17, 15) is 0 Å². The molecule has 14 heavy (non-hydrogen) atoms. The Labute approximate surface area is 112 Å². The summed E-state index contributed by atoms with van der Waals surface area (Å²) in [7, 11) is 0. The third kappa shape index (κ3) is 4.34. The largest absolute Gasteiger partial charge is 3.00 e. The molecule has 0 aromatic rings. The van der Waals surface area contributed by atoms with Crippen molar-refractivity contribution in [2.45, 2.75) is 34.6 Å². The molecule has 1 aliphatic carbocycles. The summed E-state index contributed by atoms with van der Waals surface area (Å²) < 4.78 is 0. The fourth-order valence-electron chi connectivity index (χ4n) is 1.41. The summed E-state index contributed by atoms with van der Waals surface area (Å²) in [4.78, 5) is 0. The zero-order valence-electron chi connectivity index (χ0n) is 10.4. The van der Waals surface area contributed by atoms with Gasteiger partial charge in [0.25, 0.3) is 0 Å². The maximum atomic E-state index is 3.44. The molecular weight excluding hydrogens is 227 g/mol. The van der Waals surface area contributed by atoms with Crippen LogP contribution in [0.3, 0.4) is 0 Å². The van der Waals surface area contributed by atoms with Gasteiger partial charge in [-0.1, -0.05) is 33.1 Å². The van der Waals surface area contributed by atoms with E-state index in [0.29, 0.717) is 0 Å². The van der Waals surface area contributed by atoms with Crippen LogP contribution in [0.25, 0.3) is 0 Å². The molecule has 0 aromatic heterocycles. The van der Waals surface area contributed by atoms with Crippen molar-refractivity contribution in [3.05, 3.63) is 37.6 Å². The summed E-state index contributed by atoms with van der Waals surface area (Å²) in [5.74, 6) is 0. The van der Waals surface area contributed by atoms with E-state index in [1.165, 1.54) is 16.7 Å². The molecule has 0 unspecified atom stereocenters. The summed E-state index contributed by atoms with van der Waals surface area (Å²) in [6.07, 6.45) is 3.44. The predicted octanol–water partition coefficient (Wildman–Crippen LogP) is 1.01. The van der Waals surface area contributed by atoms with Crippen molar-refractivity contribution in [1.82, 2.24) is 0 Å². The Bertz CT molecular complexity index is 224. The minimum absolute atomic E-state index is 0. The molecule has 0 saturated carbocycles. The Morgan fingerprint density at radius 3 is 1.43 bits per heavy atom. The first kappa shape index (κ1) is 24.0. The average molecular weight is 249 g/mol. The van der Waals surface area contributed by atoms with E-state index in [-0.39, 0.29) is 54.4 Å². The molecule has 0 atom stereocenters. The maximum Gasteiger partial charge on any atom is 3.00 e. The van der Waals surface area contributed by atoms with Gasteiger partial charge in [-0.25, -0.2) is 5.57 Å². The Morgan fingerprint density at radius 1 is 1.00 bits per heavy atom. The topological polar surface area (TPSA) is 0 Å². The number of hydrogen-bond acceptors (Lipinski definition) is 0. The third-order valence-corrected chi connectivity index (χ3v) is 2.56. The van der Waals surface area contributed by atoms with Crippen molar-refractivity contribution < 1.29 is 34.1 Å². The molecule has 81 valence electrons. The number of rotatable bonds is 0. The molecule has 0 bridgehead atoms. The summed E-state index contributed by atoms with van der Waals surface area (Å²) in [5.41, 5.74) is 4.39. The second kappa shape index (κ2) is 7.73. The number of hydrogen-bond donors (Lipinski definition) is 0. The summed E-state index contributed by atoms with van der Waals surface area (Å²) in [6, 6.07) is 0. The molecule has 1 rings (SSSR count). The minimum atomic E-state index is 0. The summed E-state index contributed by atoms with van der Waals surface area (Å²) in [6.45, 7) is 10.9. The Kier molecular flexibility index (Phi) is 13.2. The van der Waals surface area contributed by atoms with Crippen LogP contribution in [-0.2, 0) is 21.7 Å². The third-order valence-electron chi connectivity index (χ3n) is 2.56. The average Bonchev–Trinajstić information content (AvgIpc) is 1.95. The van der Waals surface area contributed by atoms with Gasteiger partial charge in [0.05, 0.1) is 0 Å². The fourth-order valence-corrected chi connectivity index (χ4v) is 1.41. The van der Waals surface area contributed by atoms with Crippen LogP contribution in [0.1, 0.15) is 34.6 Å². The van der Waals surface area contributed by atoms with Gasteiger partial charge in [-0.05, 0) is 0 Å². The summed E-state index contributed by atoms with van der Waals surface area (Å²) >= 11 is 0. The van der Waals surface area contributed by atoms with Crippen molar-refractivity contribution in [2.24, 2.45) is 5.41 Å². The van der Waals surface area contributed by atoms with E-state index < -0.39 is 0 Å². The second-order valence-electron chi connectivity index (χ2n) is 3.62. The molecule has 0 amide bonds. The smallest absolute Gasteiger partial charge is 1.00 e. The standard InChI is InChI=1S/C10H15.2CH3.ClH.Ti/c1-7-6-10(4,5)9(3)8(7)2;;;;/h1-5H3;2*1H3;1H;/q3*-1;;+3/p-1. The molecule has 0 saturated heterocycles. The molecule has 0 fully saturated rings. The first-order chi connectivity index (χ1) is 4.45. The van der Waals surface area contributed by atoms with Crippen molar-refractivity contribution in [3.8, 4) is 0 Å². The van der Waals surface area contributed by atoms with Gasteiger partial charge in [0.1, 0.15) is 0 Å². The SMILES string of the molecule is CC1=[C-]C(C)(C)C(C)=C1C.[CH3-].[CH3-].[Cl-].[Ti+3]. The Morgan fingerprint density at radius 2 is 1.36 bits per heavy atom. The molecule has 2 heteroatoms. The minimum Gasteiger partial charge on any atom is -1.00 e. The van der Waals surface area contributed by atoms with E-state index in [1.807, 2.05) is 0 Å². The maximum absolute atomic E-state index is 3.44. The van der Waals surface area contributed by atoms with Gasteiger partial charge in [0, 0.05) is 0 Å². The quantitative estimate of drug-likeness (QED) is 0.444. The number of allylic oxidation sites excluding steroid dienone is 4. The molecule has 0 aromatic carbocycles. The van der Waals surface area contributed by atoms with Crippen LogP contribution in [0.15, 0.2) is 16.7 Å². The van der Waals surface area contributed by atoms with Gasteiger partial charge in [0.2, 0.25) is 0 Å². The predicted molar refractivity (Wildman–Crippen MR) is 57.4 cm³/mol. The number of halogens is 1. The van der Waals surface area contributed by atoms with Gasteiger partial charge in [-0.3, -0.25) is 6.08 Å².